The molecular weight excluding hydrogens is 933 g/mol. The maximum atomic E-state index is 14.5. The van der Waals surface area contributed by atoms with Crippen molar-refractivity contribution in [2.45, 2.75) is 140 Å². The second kappa shape index (κ2) is 26.7. The third kappa shape index (κ3) is 16.1. The Balaban J connectivity index is 1.36. The summed E-state index contributed by atoms with van der Waals surface area (Å²) in [5.74, 6) is -8.59. The largest absolute Gasteiger partial charge is 0.508 e. The number of aromatic hydroxyl groups is 1. The van der Waals surface area contributed by atoms with E-state index in [-0.39, 0.29) is 44.4 Å². The third-order valence-corrected chi connectivity index (χ3v) is 13.0. The number of nitrogens with one attached hydrogen (secondary N) is 8. The molecule has 7 amide bonds. The quantitative estimate of drug-likeness (QED) is 0.0521. The number of phenols is 1. The predicted octanol–water partition coefficient (Wildman–Crippen LogP) is 0.447. The number of aromatic amines is 1. The third-order valence-electron chi connectivity index (χ3n) is 13.0. The molecule has 11 N–H and O–H groups in total. The summed E-state index contributed by atoms with van der Waals surface area (Å²) in [4.78, 5) is 130. The monoisotopic (exact) mass is 1000 g/mol. The van der Waals surface area contributed by atoms with Crippen LogP contribution in [0.15, 0.2) is 67.1 Å². The van der Waals surface area contributed by atoms with Gasteiger partial charge in [-0.2, -0.15) is 0 Å². The van der Waals surface area contributed by atoms with E-state index < -0.39 is 120 Å². The van der Waals surface area contributed by atoms with Crippen molar-refractivity contribution in [3.8, 4) is 5.75 Å². The van der Waals surface area contributed by atoms with Gasteiger partial charge in [-0.3, -0.25) is 38.4 Å². The molecule has 2 aliphatic heterocycles. The van der Waals surface area contributed by atoms with Gasteiger partial charge in [0.15, 0.2) is 0 Å². The number of imidazole rings is 1. The Hall–Kier alpha value is -7.36. The van der Waals surface area contributed by atoms with Gasteiger partial charge in [-0.15, -0.1) is 0 Å². The molecule has 22 heteroatoms. The molecule has 22 nitrogen and oxygen atoms in total. The van der Waals surface area contributed by atoms with Gasteiger partial charge < -0.3 is 62.4 Å². The Bertz CT molecular complexity index is 2340. The van der Waals surface area contributed by atoms with Gasteiger partial charge in [0.25, 0.3) is 0 Å². The van der Waals surface area contributed by atoms with Crippen molar-refractivity contribution in [2.75, 3.05) is 13.1 Å². The highest BCUT2D eigenvalue weighted by molar-refractivity contribution is 5.98. The van der Waals surface area contributed by atoms with E-state index in [1.54, 1.807) is 70.2 Å². The van der Waals surface area contributed by atoms with E-state index in [1.165, 1.54) is 29.6 Å². The standard InChI is InChI=1S/C50H68N10O12/c1-5-29(4)42(48(69)56-37(25-32-26-51-27-53-32)49(70)60-22-10-14-39(60)46(67)57-38(50(71)72)24-30-11-7-6-8-12-30)59-45(66)36(23-31-15-17-33(61)18-16-31)55-47(68)41(28(2)3)58-44(65)35(19-20-40(62)63)54-43(64)34-13-9-21-52-34/h6-8,11-12,15-18,26-29,34-39,41-42,52,61H,5,9-10,13-14,19-25H2,1-4H3,(H,51,53)(H,54,64)(H,55,68)(H,56,69)(H,57,67)(H,58,65)(H,59,66)(H,62,63)(H,71,72)/t29-,34-,35-,36-,37-,38-,39-,41-,42-/m0/s1. The van der Waals surface area contributed by atoms with Crippen LogP contribution in [0, 0.1) is 11.8 Å². The van der Waals surface area contributed by atoms with E-state index in [0.29, 0.717) is 42.6 Å². The van der Waals surface area contributed by atoms with Crippen LogP contribution >= 0.6 is 0 Å². The smallest absolute Gasteiger partial charge is 0.326 e. The van der Waals surface area contributed by atoms with Crippen molar-refractivity contribution in [3.63, 3.8) is 0 Å². The first-order valence-corrected chi connectivity index (χ1v) is 24.4. The van der Waals surface area contributed by atoms with E-state index in [9.17, 15) is 58.5 Å². The molecule has 3 heterocycles. The van der Waals surface area contributed by atoms with Crippen LogP contribution in [-0.2, 0) is 62.4 Å². The molecule has 0 spiro atoms. The number of rotatable bonds is 26. The molecule has 2 saturated heterocycles. The van der Waals surface area contributed by atoms with Crippen molar-refractivity contribution in [3.05, 3.63) is 83.9 Å². The molecule has 5 rings (SSSR count). The molecule has 390 valence electrons. The molecule has 3 aromatic rings. The molecule has 9 atom stereocenters. The van der Waals surface area contributed by atoms with Crippen molar-refractivity contribution < 1.29 is 58.5 Å². The number of nitrogens with zero attached hydrogens (tertiary/aromatic N) is 2. The predicted molar refractivity (Wildman–Crippen MR) is 260 cm³/mol. The van der Waals surface area contributed by atoms with Crippen molar-refractivity contribution in [1.82, 2.24) is 52.1 Å². The number of likely N-dealkylation sites (tertiary alicyclic amines) is 1. The molecule has 0 bridgehead atoms. The summed E-state index contributed by atoms with van der Waals surface area (Å²) in [6, 6.07) is 5.18. The summed E-state index contributed by atoms with van der Waals surface area (Å²) in [6.07, 6.45) is 4.21. The molecule has 0 aliphatic carbocycles. The number of aliphatic carboxylic acids is 2. The highest BCUT2D eigenvalue weighted by atomic mass is 16.4. The number of hydrogen-bond donors (Lipinski definition) is 11. The number of carboxylic acid groups (broad SMARTS) is 2. The van der Waals surface area contributed by atoms with Crippen LogP contribution in [0.1, 0.15) is 89.5 Å². The lowest BCUT2D eigenvalue weighted by molar-refractivity contribution is -0.145. The fraction of sp³-hybridized carbons (Fsp3) is 0.520. The Morgan fingerprint density at radius 1 is 0.694 bits per heavy atom. The highest BCUT2D eigenvalue weighted by Gasteiger charge is 2.41. The van der Waals surface area contributed by atoms with Gasteiger partial charge in [0, 0.05) is 44.1 Å². The van der Waals surface area contributed by atoms with Crippen LogP contribution in [0.25, 0.3) is 0 Å². The number of benzene rings is 2. The Labute approximate surface area is 417 Å². The number of carbonyl (C=O) groups excluding carboxylic acids is 7. The van der Waals surface area contributed by atoms with Gasteiger partial charge in [-0.05, 0) is 73.7 Å². The van der Waals surface area contributed by atoms with Crippen molar-refractivity contribution >= 4 is 53.3 Å². The van der Waals surface area contributed by atoms with Crippen molar-refractivity contribution in [1.29, 1.82) is 0 Å². The average molecular weight is 1000 g/mol. The molecule has 2 aliphatic rings. The second-order valence-corrected chi connectivity index (χ2v) is 18.8. The molecule has 2 fully saturated rings. The fourth-order valence-corrected chi connectivity index (χ4v) is 8.70. The van der Waals surface area contributed by atoms with Gasteiger partial charge in [-0.25, -0.2) is 9.78 Å². The van der Waals surface area contributed by atoms with Crippen LogP contribution in [0.2, 0.25) is 0 Å². The Kier molecular flexibility index (Phi) is 20.6. The number of carbonyl (C=O) groups is 9. The summed E-state index contributed by atoms with van der Waals surface area (Å²) in [5, 5.41) is 48.6. The van der Waals surface area contributed by atoms with Gasteiger partial charge in [0.1, 0.15) is 48.0 Å². The highest BCUT2D eigenvalue weighted by Crippen LogP contribution is 2.21. The Morgan fingerprint density at radius 3 is 1.93 bits per heavy atom. The summed E-state index contributed by atoms with van der Waals surface area (Å²) in [6.45, 7) is 7.54. The lowest BCUT2D eigenvalue weighted by Crippen LogP contribution is -2.62. The zero-order valence-corrected chi connectivity index (χ0v) is 41.0. The first-order valence-electron chi connectivity index (χ1n) is 24.4. The number of H-pyrrole nitrogens is 1. The number of aromatic nitrogens is 2. The van der Waals surface area contributed by atoms with Crippen LogP contribution in [-0.4, -0.2) is 145 Å². The normalized spacial score (nSPS) is 18.3. The van der Waals surface area contributed by atoms with E-state index in [2.05, 4.69) is 47.2 Å². The minimum Gasteiger partial charge on any atom is -0.508 e. The summed E-state index contributed by atoms with van der Waals surface area (Å²) in [5.41, 5.74) is 1.66. The van der Waals surface area contributed by atoms with E-state index >= 15 is 0 Å². The molecule has 0 saturated carbocycles. The van der Waals surface area contributed by atoms with Gasteiger partial charge in [0.05, 0.1) is 12.4 Å². The van der Waals surface area contributed by atoms with Gasteiger partial charge in [-0.1, -0.05) is 76.6 Å². The molecule has 2 aromatic carbocycles. The molecule has 0 radical (unpaired) electrons. The second-order valence-electron chi connectivity index (χ2n) is 18.8. The van der Waals surface area contributed by atoms with E-state index in [0.717, 1.165) is 6.42 Å². The maximum Gasteiger partial charge on any atom is 0.326 e. The topological polar surface area (TPSA) is 330 Å². The van der Waals surface area contributed by atoms with E-state index in [4.69, 9.17) is 0 Å². The van der Waals surface area contributed by atoms with Gasteiger partial charge >= 0.3 is 11.9 Å². The number of hydrogen-bond acceptors (Lipinski definition) is 12. The van der Waals surface area contributed by atoms with Crippen LogP contribution < -0.4 is 37.2 Å². The summed E-state index contributed by atoms with van der Waals surface area (Å²) >= 11 is 0. The minimum atomic E-state index is -1.39. The number of amides is 7. The zero-order valence-electron chi connectivity index (χ0n) is 41.0. The lowest BCUT2D eigenvalue weighted by Gasteiger charge is -2.32. The molecular formula is C50H68N10O12. The molecule has 0 unspecified atom stereocenters. The zero-order chi connectivity index (χ0) is 52.5. The summed E-state index contributed by atoms with van der Waals surface area (Å²) in [7, 11) is 0. The summed E-state index contributed by atoms with van der Waals surface area (Å²) < 4.78 is 0. The van der Waals surface area contributed by atoms with Crippen LogP contribution in [0.5, 0.6) is 5.75 Å². The maximum absolute atomic E-state index is 14.5. The van der Waals surface area contributed by atoms with Crippen LogP contribution in [0.4, 0.5) is 0 Å². The first kappa shape index (κ1) is 55.6. The lowest BCUT2D eigenvalue weighted by atomic mass is 9.96. The van der Waals surface area contributed by atoms with Crippen molar-refractivity contribution in [2.24, 2.45) is 11.8 Å². The van der Waals surface area contributed by atoms with E-state index in [1.807, 2.05) is 0 Å². The fourth-order valence-electron chi connectivity index (χ4n) is 8.70. The van der Waals surface area contributed by atoms with Crippen LogP contribution in [0.3, 0.4) is 0 Å². The van der Waals surface area contributed by atoms with Gasteiger partial charge in [0.2, 0.25) is 41.4 Å². The molecule has 1 aromatic heterocycles. The molecule has 72 heavy (non-hydrogen) atoms. The SMILES string of the molecule is CC[C@H](C)[C@H](NC(=O)[C@H](Cc1ccc(O)cc1)NC(=O)[C@@H](NC(=O)[C@H](CCC(=O)O)NC(=O)[C@@H]1CCCN1)C(C)C)C(=O)N[C@@H](Cc1cnc[nH]1)C(=O)N1CCC[C@H]1C(=O)N[C@@H](Cc1ccccc1)C(=O)O. The minimum absolute atomic E-state index is 0.00815. The average Bonchev–Trinajstić information content (AvgIpc) is 4.18. The Morgan fingerprint density at radius 2 is 1.32 bits per heavy atom. The first-order chi connectivity index (χ1) is 34.3. The number of phenolic OH excluding ortho intramolecular Hbond substituents is 1. The number of carboxylic acids is 2.